The minimum absolute atomic E-state index is 0.0889. The van der Waals surface area contributed by atoms with Crippen LogP contribution in [0.4, 0.5) is 8.78 Å². The monoisotopic (exact) mass is 353 g/mol. The molecule has 2 N–H and O–H groups in total. The van der Waals surface area contributed by atoms with Crippen LogP contribution in [0.15, 0.2) is 35.6 Å². The van der Waals surface area contributed by atoms with E-state index in [1.165, 1.54) is 13.2 Å². The highest BCUT2D eigenvalue weighted by Gasteiger charge is 2.11. The van der Waals surface area contributed by atoms with E-state index in [2.05, 4.69) is 25.5 Å². The molecule has 1 aromatic heterocycles. The number of alkyl halides is 2. The summed E-state index contributed by atoms with van der Waals surface area (Å²) in [5.41, 5.74) is 1.53. The maximum atomic E-state index is 12.5. The molecule has 1 heterocycles. The van der Waals surface area contributed by atoms with Crippen molar-refractivity contribution in [1.82, 2.24) is 20.4 Å². The maximum absolute atomic E-state index is 12.5. The lowest BCUT2D eigenvalue weighted by Crippen LogP contribution is -2.36. The quantitative estimate of drug-likeness (QED) is 0.588. The molecule has 25 heavy (non-hydrogen) atoms. The fraction of sp³-hybridized carbons (Fsp3) is 0.375. The number of rotatable bonds is 7. The third-order valence-corrected chi connectivity index (χ3v) is 3.37. The first kappa shape index (κ1) is 18.5. The Kier molecular flexibility index (Phi) is 6.55. The van der Waals surface area contributed by atoms with Crippen molar-refractivity contribution >= 4 is 5.96 Å². The molecule has 2 rings (SSSR count). The fourth-order valence-electron chi connectivity index (χ4n) is 2.18. The van der Waals surface area contributed by atoms with Crippen molar-refractivity contribution in [3.05, 3.63) is 41.7 Å². The van der Waals surface area contributed by atoms with Gasteiger partial charge >= 0.3 is 6.61 Å². The standard InChI is InChI=1S/C16H21F2N5O2/c1-19-16(20-7-11-8-22-23(2)10-11)21-9-12-6-13(24-3)4-5-14(12)25-15(17)18/h4-6,8,10,15H,7,9H2,1-3H3,(H2,19,20,21). The Morgan fingerprint density at radius 2 is 2.08 bits per heavy atom. The first-order valence-electron chi connectivity index (χ1n) is 7.55. The summed E-state index contributed by atoms with van der Waals surface area (Å²) in [5, 5.41) is 10.3. The number of guanidine groups is 1. The summed E-state index contributed by atoms with van der Waals surface area (Å²) >= 11 is 0. The smallest absolute Gasteiger partial charge is 0.387 e. The van der Waals surface area contributed by atoms with E-state index in [1.807, 2.05) is 13.2 Å². The second kappa shape index (κ2) is 8.86. The Labute approximate surface area is 144 Å². The van der Waals surface area contributed by atoms with Crippen molar-refractivity contribution in [3.63, 3.8) is 0 Å². The number of aliphatic imine (C=N–C) groups is 1. The number of halogens is 2. The van der Waals surface area contributed by atoms with Gasteiger partial charge < -0.3 is 20.1 Å². The molecule has 0 amide bonds. The van der Waals surface area contributed by atoms with Crippen molar-refractivity contribution in [1.29, 1.82) is 0 Å². The first-order valence-corrected chi connectivity index (χ1v) is 7.55. The first-order chi connectivity index (χ1) is 12.0. The maximum Gasteiger partial charge on any atom is 0.387 e. The lowest BCUT2D eigenvalue weighted by Gasteiger charge is -2.15. The highest BCUT2D eigenvalue weighted by Crippen LogP contribution is 2.25. The molecule has 0 spiro atoms. The Morgan fingerprint density at radius 1 is 1.32 bits per heavy atom. The van der Waals surface area contributed by atoms with E-state index in [1.54, 1.807) is 30.1 Å². The SMILES string of the molecule is CN=C(NCc1cnn(C)c1)NCc1cc(OC)ccc1OC(F)F. The molecule has 136 valence electrons. The third kappa shape index (κ3) is 5.63. The molecule has 2 aromatic rings. The highest BCUT2D eigenvalue weighted by molar-refractivity contribution is 5.79. The molecule has 0 fully saturated rings. The summed E-state index contributed by atoms with van der Waals surface area (Å²) < 4.78 is 36.5. The van der Waals surface area contributed by atoms with E-state index in [4.69, 9.17) is 4.74 Å². The number of methoxy groups -OCH3 is 1. The zero-order chi connectivity index (χ0) is 18.2. The van der Waals surface area contributed by atoms with Gasteiger partial charge in [0.05, 0.1) is 13.3 Å². The minimum atomic E-state index is -2.89. The highest BCUT2D eigenvalue weighted by atomic mass is 19.3. The Morgan fingerprint density at radius 3 is 2.68 bits per heavy atom. The Hall–Kier alpha value is -2.84. The molecule has 0 aliphatic carbocycles. The van der Waals surface area contributed by atoms with Crippen LogP contribution in [0.5, 0.6) is 11.5 Å². The molecular weight excluding hydrogens is 332 g/mol. The number of nitrogens with zero attached hydrogens (tertiary/aromatic N) is 3. The van der Waals surface area contributed by atoms with Gasteiger partial charge in [-0.05, 0) is 18.2 Å². The van der Waals surface area contributed by atoms with Crippen molar-refractivity contribution in [2.24, 2.45) is 12.0 Å². The van der Waals surface area contributed by atoms with Crippen LogP contribution >= 0.6 is 0 Å². The Bertz CT molecular complexity index is 718. The molecule has 9 heteroatoms. The van der Waals surface area contributed by atoms with E-state index in [9.17, 15) is 8.78 Å². The van der Waals surface area contributed by atoms with Crippen LogP contribution in [0.2, 0.25) is 0 Å². The predicted molar refractivity (Wildman–Crippen MR) is 89.9 cm³/mol. The largest absolute Gasteiger partial charge is 0.497 e. The van der Waals surface area contributed by atoms with Crippen LogP contribution in [-0.4, -0.2) is 36.5 Å². The molecule has 0 aliphatic heterocycles. The van der Waals surface area contributed by atoms with Crippen LogP contribution in [-0.2, 0) is 20.1 Å². The van der Waals surface area contributed by atoms with Gasteiger partial charge in [-0.3, -0.25) is 9.67 Å². The summed E-state index contributed by atoms with van der Waals surface area (Å²) in [7, 11) is 4.97. The van der Waals surface area contributed by atoms with Crippen molar-refractivity contribution in [3.8, 4) is 11.5 Å². The minimum Gasteiger partial charge on any atom is -0.497 e. The molecule has 7 nitrogen and oxygen atoms in total. The van der Waals surface area contributed by atoms with Crippen molar-refractivity contribution in [2.75, 3.05) is 14.2 Å². The van der Waals surface area contributed by atoms with Crippen molar-refractivity contribution < 1.29 is 18.3 Å². The number of benzene rings is 1. The molecule has 0 saturated carbocycles. The van der Waals surface area contributed by atoms with E-state index >= 15 is 0 Å². The molecule has 0 unspecified atom stereocenters. The van der Waals surface area contributed by atoms with Crippen LogP contribution < -0.4 is 20.1 Å². The van der Waals surface area contributed by atoms with Crippen LogP contribution in [0.25, 0.3) is 0 Å². The van der Waals surface area contributed by atoms with Gasteiger partial charge in [-0.25, -0.2) is 0 Å². The van der Waals surface area contributed by atoms with E-state index in [-0.39, 0.29) is 12.3 Å². The average Bonchev–Trinajstić information content (AvgIpc) is 3.01. The van der Waals surface area contributed by atoms with Gasteiger partial charge in [-0.2, -0.15) is 13.9 Å². The second-order valence-electron chi connectivity index (χ2n) is 5.15. The van der Waals surface area contributed by atoms with E-state index < -0.39 is 6.61 Å². The molecule has 0 atom stereocenters. The molecule has 0 bridgehead atoms. The van der Waals surface area contributed by atoms with Gasteiger partial charge in [0.25, 0.3) is 0 Å². The number of hydrogen-bond donors (Lipinski definition) is 2. The zero-order valence-electron chi connectivity index (χ0n) is 14.3. The molecule has 0 saturated heterocycles. The number of aryl methyl sites for hydroxylation is 1. The second-order valence-corrected chi connectivity index (χ2v) is 5.15. The Balaban J connectivity index is 1.99. The van der Waals surface area contributed by atoms with Gasteiger partial charge in [-0.15, -0.1) is 0 Å². The lowest BCUT2D eigenvalue weighted by molar-refractivity contribution is -0.0504. The normalized spacial score (nSPS) is 11.5. The van der Waals surface area contributed by atoms with Gasteiger partial charge in [0.1, 0.15) is 11.5 Å². The lowest BCUT2D eigenvalue weighted by atomic mass is 10.2. The average molecular weight is 353 g/mol. The zero-order valence-corrected chi connectivity index (χ0v) is 14.3. The molecule has 0 radical (unpaired) electrons. The van der Waals surface area contributed by atoms with Gasteiger partial charge in [0.2, 0.25) is 0 Å². The van der Waals surface area contributed by atoms with Crippen LogP contribution in [0.1, 0.15) is 11.1 Å². The number of ether oxygens (including phenoxy) is 2. The van der Waals surface area contributed by atoms with Gasteiger partial charge in [0.15, 0.2) is 5.96 Å². The van der Waals surface area contributed by atoms with Gasteiger partial charge in [0, 0.05) is 44.5 Å². The summed E-state index contributed by atoms with van der Waals surface area (Å²) in [4.78, 5) is 4.11. The van der Waals surface area contributed by atoms with Crippen LogP contribution in [0.3, 0.4) is 0 Å². The topological polar surface area (TPSA) is 72.7 Å². The predicted octanol–water partition coefficient (Wildman–Crippen LogP) is 1.90. The number of nitrogens with one attached hydrogen (secondary N) is 2. The van der Waals surface area contributed by atoms with E-state index in [0.29, 0.717) is 23.8 Å². The number of aromatic nitrogens is 2. The van der Waals surface area contributed by atoms with Gasteiger partial charge in [-0.1, -0.05) is 0 Å². The fourth-order valence-corrected chi connectivity index (χ4v) is 2.18. The third-order valence-electron chi connectivity index (χ3n) is 3.37. The summed E-state index contributed by atoms with van der Waals surface area (Å²) in [5.74, 6) is 1.16. The van der Waals surface area contributed by atoms with E-state index in [0.717, 1.165) is 5.56 Å². The number of hydrogen-bond acceptors (Lipinski definition) is 4. The molecular formula is C16H21F2N5O2. The molecule has 1 aromatic carbocycles. The molecule has 0 aliphatic rings. The summed E-state index contributed by atoms with van der Waals surface area (Å²) in [6.07, 6.45) is 3.63. The van der Waals surface area contributed by atoms with Crippen LogP contribution in [0, 0.1) is 0 Å². The summed E-state index contributed by atoms with van der Waals surface area (Å²) in [6, 6.07) is 4.66. The summed E-state index contributed by atoms with van der Waals surface area (Å²) in [6.45, 7) is -2.12. The van der Waals surface area contributed by atoms with Crippen molar-refractivity contribution in [2.45, 2.75) is 19.7 Å².